The number of hydrogen-bond acceptors (Lipinski definition) is 3. The molecule has 1 aliphatic carbocycles. The standard InChI is InChI=1S/C21H23Cl2N3O2/c22-17-11-10-15(12-16(17)21(28)26-14-6-2-1-3-7-14)25-20(27)13-24-19-9-5-4-8-18(19)23/h4-5,8-12,14,24H,1-3,6-7,13H2,(H,25,27)(H,26,28). The fourth-order valence-electron chi connectivity index (χ4n) is 3.27. The van der Waals surface area contributed by atoms with Gasteiger partial charge in [0, 0.05) is 11.7 Å². The number of amides is 2. The van der Waals surface area contributed by atoms with Crippen LogP contribution in [-0.4, -0.2) is 24.4 Å². The van der Waals surface area contributed by atoms with Gasteiger partial charge in [-0.2, -0.15) is 0 Å². The molecule has 0 aromatic heterocycles. The molecule has 2 aromatic carbocycles. The van der Waals surface area contributed by atoms with Crippen LogP contribution in [-0.2, 0) is 4.79 Å². The third-order valence-electron chi connectivity index (χ3n) is 4.75. The molecule has 0 aliphatic heterocycles. The molecule has 28 heavy (non-hydrogen) atoms. The Morgan fingerprint density at radius 2 is 1.71 bits per heavy atom. The number of benzene rings is 2. The number of carbonyl (C=O) groups excluding carboxylic acids is 2. The maximum absolute atomic E-state index is 12.6. The van der Waals surface area contributed by atoms with Crippen LogP contribution in [0, 0.1) is 0 Å². The van der Waals surface area contributed by atoms with E-state index < -0.39 is 0 Å². The second-order valence-electron chi connectivity index (χ2n) is 6.88. The minimum atomic E-state index is -0.249. The van der Waals surface area contributed by atoms with Crippen LogP contribution in [0.15, 0.2) is 42.5 Å². The molecule has 0 bridgehead atoms. The molecule has 148 valence electrons. The zero-order valence-electron chi connectivity index (χ0n) is 15.4. The van der Waals surface area contributed by atoms with Gasteiger partial charge in [0.25, 0.3) is 5.91 Å². The molecule has 5 nitrogen and oxygen atoms in total. The first-order valence-electron chi connectivity index (χ1n) is 9.41. The SMILES string of the molecule is O=C(CNc1ccccc1Cl)Nc1ccc(Cl)c(C(=O)NC2CCCCC2)c1. The van der Waals surface area contributed by atoms with E-state index in [0.717, 1.165) is 25.7 Å². The van der Waals surface area contributed by atoms with Crippen LogP contribution in [0.4, 0.5) is 11.4 Å². The number of para-hydroxylation sites is 1. The highest BCUT2D eigenvalue weighted by molar-refractivity contribution is 6.34. The number of nitrogens with one attached hydrogen (secondary N) is 3. The van der Waals surface area contributed by atoms with Crippen LogP contribution in [0.5, 0.6) is 0 Å². The second kappa shape index (κ2) is 9.80. The summed E-state index contributed by atoms with van der Waals surface area (Å²) in [6, 6.07) is 12.3. The molecule has 3 rings (SSSR count). The Morgan fingerprint density at radius 3 is 2.46 bits per heavy atom. The summed E-state index contributed by atoms with van der Waals surface area (Å²) in [5.74, 6) is -0.455. The van der Waals surface area contributed by atoms with Crippen molar-refractivity contribution in [3.63, 3.8) is 0 Å². The van der Waals surface area contributed by atoms with E-state index in [-0.39, 0.29) is 24.4 Å². The minimum absolute atomic E-state index is 0.0516. The Kier molecular flexibility index (Phi) is 7.18. The fraction of sp³-hybridized carbons (Fsp3) is 0.333. The van der Waals surface area contributed by atoms with Gasteiger partial charge in [0.2, 0.25) is 5.91 Å². The summed E-state index contributed by atoms with van der Waals surface area (Å²) >= 11 is 12.3. The van der Waals surface area contributed by atoms with Crippen molar-refractivity contribution in [2.24, 2.45) is 0 Å². The molecule has 1 saturated carbocycles. The van der Waals surface area contributed by atoms with E-state index in [2.05, 4.69) is 16.0 Å². The first-order valence-corrected chi connectivity index (χ1v) is 10.2. The Hall–Kier alpha value is -2.24. The van der Waals surface area contributed by atoms with Crippen molar-refractivity contribution in [2.75, 3.05) is 17.2 Å². The van der Waals surface area contributed by atoms with Gasteiger partial charge >= 0.3 is 0 Å². The third kappa shape index (κ3) is 5.63. The van der Waals surface area contributed by atoms with E-state index >= 15 is 0 Å². The van der Waals surface area contributed by atoms with Crippen LogP contribution >= 0.6 is 23.2 Å². The molecular formula is C21H23Cl2N3O2. The number of rotatable bonds is 6. The Bertz CT molecular complexity index is 851. The quantitative estimate of drug-likeness (QED) is 0.609. The second-order valence-corrected chi connectivity index (χ2v) is 7.70. The summed E-state index contributed by atoms with van der Waals surface area (Å²) in [5, 5.41) is 9.71. The molecule has 7 heteroatoms. The molecule has 0 spiro atoms. The lowest BCUT2D eigenvalue weighted by atomic mass is 9.95. The van der Waals surface area contributed by atoms with Gasteiger partial charge in [0.15, 0.2) is 0 Å². The van der Waals surface area contributed by atoms with Crippen LogP contribution in [0.1, 0.15) is 42.5 Å². The van der Waals surface area contributed by atoms with Crippen LogP contribution < -0.4 is 16.0 Å². The molecule has 0 unspecified atom stereocenters. The molecule has 1 aliphatic rings. The summed E-state index contributed by atoms with van der Waals surface area (Å²) in [5.41, 5.74) is 1.57. The average Bonchev–Trinajstić information content (AvgIpc) is 2.69. The maximum atomic E-state index is 12.6. The fourth-order valence-corrected chi connectivity index (χ4v) is 3.68. The van der Waals surface area contributed by atoms with Crippen molar-refractivity contribution in [2.45, 2.75) is 38.1 Å². The average molecular weight is 420 g/mol. The molecule has 0 atom stereocenters. The lowest BCUT2D eigenvalue weighted by Crippen LogP contribution is -2.36. The van der Waals surface area contributed by atoms with Crippen molar-refractivity contribution in [3.8, 4) is 0 Å². The lowest BCUT2D eigenvalue weighted by Gasteiger charge is -2.23. The number of anilines is 2. The van der Waals surface area contributed by atoms with Crippen molar-refractivity contribution < 1.29 is 9.59 Å². The van der Waals surface area contributed by atoms with Gasteiger partial charge in [-0.3, -0.25) is 9.59 Å². The topological polar surface area (TPSA) is 70.2 Å². The highest BCUT2D eigenvalue weighted by Crippen LogP contribution is 2.23. The summed E-state index contributed by atoms with van der Waals surface area (Å²) < 4.78 is 0. The van der Waals surface area contributed by atoms with Crippen molar-refractivity contribution in [1.29, 1.82) is 0 Å². The van der Waals surface area contributed by atoms with Crippen LogP contribution in [0.25, 0.3) is 0 Å². The lowest BCUT2D eigenvalue weighted by molar-refractivity contribution is -0.114. The van der Waals surface area contributed by atoms with E-state index in [1.54, 1.807) is 30.3 Å². The Morgan fingerprint density at radius 1 is 0.964 bits per heavy atom. The van der Waals surface area contributed by atoms with Crippen LogP contribution in [0.3, 0.4) is 0 Å². The highest BCUT2D eigenvalue weighted by atomic mass is 35.5. The zero-order valence-corrected chi connectivity index (χ0v) is 16.9. The predicted octanol–water partition coefficient (Wildman–Crippen LogP) is 5.11. The smallest absolute Gasteiger partial charge is 0.253 e. The van der Waals surface area contributed by atoms with Gasteiger partial charge in [-0.1, -0.05) is 54.6 Å². The maximum Gasteiger partial charge on any atom is 0.253 e. The molecule has 3 N–H and O–H groups in total. The van der Waals surface area contributed by atoms with E-state index in [0.29, 0.717) is 27.0 Å². The predicted molar refractivity (Wildman–Crippen MR) is 114 cm³/mol. The summed E-state index contributed by atoms with van der Waals surface area (Å²) in [6.07, 6.45) is 5.47. The Balaban J connectivity index is 1.59. The van der Waals surface area contributed by atoms with Crippen LogP contribution in [0.2, 0.25) is 10.0 Å². The molecule has 0 heterocycles. The van der Waals surface area contributed by atoms with E-state index in [1.807, 2.05) is 12.1 Å². The third-order valence-corrected chi connectivity index (χ3v) is 5.41. The number of halogens is 2. The Labute approximate surface area is 174 Å². The molecule has 1 fully saturated rings. The minimum Gasteiger partial charge on any atom is -0.375 e. The zero-order chi connectivity index (χ0) is 19.9. The van der Waals surface area contributed by atoms with Gasteiger partial charge in [0.1, 0.15) is 0 Å². The summed E-state index contributed by atoms with van der Waals surface area (Å²) in [7, 11) is 0. The van der Waals surface area contributed by atoms with E-state index in [4.69, 9.17) is 23.2 Å². The first kappa shape index (κ1) is 20.5. The van der Waals surface area contributed by atoms with Gasteiger partial charge in [0.05, 0.1) is 27.8 Å². The van der Waals surface area contributed by atoms with Crippen molar-refractivity contribution in [3.05, 3.63) is 58.1 Å². The van der Waals surface area contributed by atoms with Crippen molar-refractivity contribution in [1.82, 2.24) is 5.32 Å². The number of hydrogen-bond donors (Lipinski definition) is 3. The van der Waals surface area contributed by atoms with E-state index in [1.165, 1.54) is 6.42 Å². The first-order chi connectivity index (χ1) is 13.5. The van der Waals surface area contributed by atoms with Gasteiger partial charge in [-0.25, -0.2) is 0 Å². The largest absolute Gasteiger partial charge is 0.375 e. The normalized spacial score (nSPS) is 14.4. The molecule has 2 aromatic rings. The monoisotopic (exact) mass is 419 g/mol. The molecule has 2 amide bonds. The summed E-state index contributed by atoms with van der Waals surface area (Å²) in [6.45, 7) is 0.0516. The van der Waals surface area contributed by atoms with Gasteiger partial charge in [-0.15, -0.1) is 0 Å². The van der Waals surface area contributed by atoms with Crippen molar-refractivity contribution >= 4 is 46.4 Å². The van der Waals surface area contributed by atoms with Gasteiger partial charge < -0.3 is 16.0 Å². The number of carbonyl (C=O) groups is 2. The molecule has 0 saturated heterocycles. The van der Waals surface area contributed by atoms with E-state index in [9.17, 15) is 9.59 Å². The molecule has 0 radical (unpaired) electrons. The molecular weight excluding hydrogens is 397 g/mol. The highest BCUT2D eigenvalue weighted by Gasteiger charge is 2.19. The summed E-state index contributed by atoms with van der Waals surface area (Å²) in [4.78, 5) is 24.8. The van der Waals surface area contributed by atoms with Gasteiger partial charge in [-0.05, 0) is 43.2 Å².